The molecule has 0 unspecified atom stereocenters. The predicted octanol–water partition coefficient (Wildman–Crippen LogP) is -0.762. The lowest BCUT2D eigenvalue weighted by Crippen LogP contribution is -2.18. The molecule has 1 heterocycles. The van der Waals surface area contributed by atoms with Crippen LogP contribution in [0.5, 0.6) is 0 Å². The summed E-state index contributed by atoms with van der Waals surface area (Å²) in [5, 5.41) is 12.9. The van der Waals surface area contributed by atoms with Crippen LogP contribution in [0.4, 0.5) is 6.01 Å². The number of thioether (sulfide) groups is 1. The molecule has 0 fully saturated rings. The van der Waals surface area contributed by atoms with Gasteiger partial charge in [0, 0.05) is 6.92 Å². The molecule has 0 aromatic carbocycles. The first-order valence-corrected chi connectivity index (χ1v) is 4.86. The van der Waals surface area contributed by atoms with Crippen LogP contribution in [-0.4, -0.2) is 27.0 Å². The van der Waals surface area contributed by atoms with Crippen molar-refractivity contribution < 1.29 is 9.21 Å². The zero-order valence-electron chi connectivity index (χ0n) is 7.93. The highest BCUT2D eigenvalue weighted by Crippen LogP contribution is 2.05. The van der Waals surface area contributed by atoms with Crippen molar-refractivity contribution in [3.05, 3.63) is 5.89 Å². The van der Waals surface area contributed by atoms with Gasteiger partial charge < -0.3 is 16.0 Å². The Bertz CT molecular complexity index is 375. The minimum Gasteiger partial charge on any atom is -0.408 e. The molecule has 9 heteroatoms. The Morgan fingerprint density at radius 1 is 1.67 bits per heavy atom. The second kappa shape index (κ2) is 5.20. The Balaban J connectivity index is 2.37. The van der Waals surface area contributed by atoms with Gasteiger partial charge >= 0.3 is 6.01 Å². The number of nitrogens with zero attached hydrogens (tertiary/aromatic N) is 3. The number of hydrogen-bond acceptors (Lipinski definition) is 7. The zero-order valence-corrected chi connectivity index (χ0v) is 8.74. The highest BCUT2D eigenvalue weighted by atomic mass is 32.2. The Morgan fingerprint density at radius 2 is 2.40 bits per heavy atom. The van der Waals surface area contributed by atoms with Crippen molar-refractivity contribution in [2.75, 3.05) is 11.1 Å². The van der Waals surface area contributed by atoms with Gasteiger partial charge in [0.2, 0.25) is 11.8 Å². The van der Waals surface area contributed by atoms with E-state index in [1.54, 1.807) is 6.92 Å². The normalized spacial score (nSPS) is 11.4. The molecule has 15 heavy (non-hydrogen) atoms. The fourth-order valence-electron chi connectivity index (χ4n) is 0.679. The topological polar surface area (TPSA) is 132 Å². The van der Waals surface area contributed by atoms with Crippen molar-refractivity contribution in [3.63, 3.8) is 0 Å². The second-order valence-electron chi connectivity index (χ2n) is 2.43. The number of amides is 1. The summed E-state index contributed by atoms with van der Waals surface area (Å²) in [5.74, 6) is 5.01. The maximum absolute atomic E-state index is 11.2. The Morgan fingerprint density at radius 3 is 2.93 bits per heavy atom. The third-order valence-electron chi connectivity index (χ3n) is 1.25. The first-order valence-electron chi connectivity index (χ1n) is 3.88. The first kappa shape index (κ1) is 11.3. The van der Waals surface area contributed by atoms with E-state index in [0.717, 1.165) is 11.8 Å². The summed E-state index contributed by atoms with van der Waals surface area (Å²) in [6.07, 6.45) is 0. The maximum atomic E-state index is 11.2. The van der Waals surface area contributed by atoms with Crippen LogP contribution < -0.4 is 16.9 Å². The summed E-state index contributed by atoms with van der Waals surface area (Å²) in [5.41, 5.74) is 5.28. The van der Waals surface area contributed by atoms with Gasteiger partial charge in [0.15, 0.2) is 5.17 Å². The maximum Gasteiger partial charge on any atom is 0.322 e. The highest BCUT2D eigenvalue weighted by Gasteiger charge is 2.08. The minimum atomic E-state index is -0.324. The molecule has 1 aromatic rings. The fourth-order valence-corrected chi connectivity index (χ4v) is 1.10. The lowest BCUT2D eigenvalue weighted by molar-refractivity contribution is -0.113. The Hall–Kier alpha value is -1.77. The van der Waals surface area contributed by atoms with E-state index >= 15 is 0 Å². The molecule has 0 saturated carbocycles. The van der Waals surface area contributed by atoms with Crippen LogP contribution in [0, 0.1) is 6.92 Å². The molecule has 0 aliphatic carbocycles. The van der Waals surface area contributed by atoms with E-state index in [-0.39, 0.29) is 22.8 Å². The summed E-state index contributed by atoms with van der Waals surface area (Å²) in [4.78, 5) is 11.2. The lowest BCUT2D eigenvalue weighted by Gasteiger charge is -1.98. The van der Waals surface area contributed by atoms with Crippen molar-refractivity contribution in [3.8, 4) is 0 Å². The molecular formula is C6H10N6O2S. The molecule has 82 valence electrons. The molecule has 0 atom stereocenters. The van der Waals surface area contributed by atoms with Crippen LogP contribution in [0.25, 0.3) is 0 Å². The number of aryl methyl sites for hydroxylation is 1. The number of rotatable bonds is 3. The van der Waals surface area contributed by atoms with E-state index in [2.05, 4.69) is 20.6 Å². The van der Waals surface area contributed by atoms with Crippen LogP contribution in [0.1, 0.15) is 5.89 Å². The zero-order chi connectivity index (χ0) is 11.3. The van der Waals surface area contributed by atoms with Gasteiger partial charge in [0.1, 0.15) is 0 Å². The molecule has 5 N–H and O–H groups in total. The molecule has 8 nitrogen and oxygen atoms in total. The molecule has 0 aliphatic heterocycles. The Labute approximate surface area is 89.5 Å². The molecular weight excluding hydrogens is 220 g/mol. The second-order valence-corrected chi connectivity index (χ2v) is 3.43. The van der Waals surface area contributed by atoms with Crippen molar-refractivity contribution in [1.82, 2.24) is 10.2 Å². The lowest BCUT2D eigenvalue weighted by atomic mass is 10.7. The van der Waals surface area contributed by atoms with Crippen LogP contribution >= 0.6 is 11.8 Å². The van der Waals surface area contributed by atoms with Gasteiger partial charge in [-0.2, -0.15) is 5.10 Å². The number of carbonyl (C=O) groups excluding carboxylic acids is 1. The number of hydrogen-bond donors (Lipinski definition) is 3. The van der Waals surface area contributed by atoms with E-state index < -0.39 is 0 Å². The smallest absolute Gasteiger partial charge is 0.322 e. The molecule has 1 rings (SSSR count). The molecule has 0 bridgehead atoms. The van der Waals surface area contributed by atoms with Crippen molar-refractivity contribution in [1.29, 1.82) is 0 Å². The van der Waals surface area contributed by atoms with Gasteiger partial charge in [0.05, 0.1) is 5.75 Å². The van der Waals surface area contributed by atoms with E-state index in [4.69, 9.17) is 16.0 Å². The molecule has 0 saturated heterocycles. The van der Waals surface area contributed by atoms with Crippen molar-refractivity contribution >= 4 is 28.9 Å². The summed E-state index contributed by atoms with van der Waals surface area (Å²) >= 11 is 1.01. The van der Waals surface area contributed by atoms with Crippen molar-refractivity contribution in [2.45, 2.75) is 6.92 Å². The summed E-state index contributed by atoms with van der Waals surface area (Å²) in [6.45, 7) is 1.62. The number of hydrazone groups is 1. The standard InChI is InChI=1S/C6H10N6O2S/c1-3-11-12-6(14-3)9-4(13)2-15-5(7)10-8/h2,8H2,1H3,(H2,7,10)(H,9,12,13). The third-order valence-corrected chi connectivity index (χ3v) is 2.06. The molecule has 0 spiro atoms. The minimum absolute atomic E-state index is 0.0568. The van der Waals surface area contributed by atoms with Crippen LogP contribution in [-0.2, 0) is 4.79 Å². The van der Waals surface area contributed by atoms with E-state index in [0.29, 0.717) is 5.89 Å². The van der Waals surface area contributed by atoms with Crippen LogP contribution in [0.2, 0.25) is 0 Å². The van der Waals surface area contributed by atoms with E-state index in [1.807, 2.05) is 0 Å². The largest absolute Gasteiger partial charge is 0.408 e. The number of carbonyl (C=O) groups is 1. The van der Waals surface area contributed by atoms with E-state index in [1.165, 1.54) is 0 Å². The Kier molecular flexibility index (Phi) is 3.92. The molecule has 0 radical (unpaired) electrons. The summed E-state index contributed by atoms with van der Waals surface area (Å²) < 4.78 is 4.94. The van der Waals surface area contributed by atoms with Gasteiger partial charge in [-0.1, -0.05) is 16.9 Å². The first-order chi connectivity index (χ1) is 7.11. The van der Waals surface area contributed by atoms with Crippen molar-refractivity contribution in [2.24, 2.45) is 16.7 Å². The number of aromatic nitrogens is 2. The number of nitrogens with two attached hydrogens (primary N) is 2. The number of amidine groups is 1. The molecule has 0 aliphatic rings. The predicted molar refractivity (Wildman–Crippen MR) is 55.9 cm³/mol. The fraction of sp³-hybridized carbons (Fsp3) is 0.333. The third kappa shape index (κ3) is 3.85. The van der Waals surface area contributed by atoms with Gasteiger partial charge in [-0.3, -0.25) is 10.1 Å². The quantitative estimate of drug-likeness (QED) is 0.269. The highest BCUT2D eigenvalue weighted by molar-refractivity contribution is 8.14. The van der Waals surface area contributed by atoms with Gasteiger partial charge in [-0.25, -0.2) is 0 Å². The van der Waals surface area contributed by atoms with Gasteiger partial charge in [-0.05, 0) is 0 Å². The SMILES string of the molecule is Cc1nnc(NC(=O)CSC(N)=NN)o1. The van der Waals surface area contributed by atoms with Gasteiger partial charge in [0.25, 0.3) is 0 Å². The summed E-state index contributed by atoms with van der Waals surface area (Å²) in [7, 11) is 0. The average Bonchev–Trinajstić information content (AvgIpc) is 2.60. The average molecular weight is 230 g/mol. The van der Waals surface area contributed by atoms with E-state index in [9.17, 15) is 4.79 Å². The monoisotopic (exact) mass is 230 g/mol. The van der Waals surface area contributed by atoms with Gasteiger partial charge in [-0.15, -0.1) is 5.10 Å². The summed E-state index contributed by atoms with van der Waals surface area (Å²) in [6, 6.07) is 0.0568. The van der Waals surface area contributed by atoms with Crippen LogP contribution in [0.15, 0.2) is 9.52 Å². The molecule has 1 amide bonds. The van der Waals surface area contributed by atoms with Crippen LogP contribution in [0.3, 0.4) is 0 Å². The molecule has 1 aromatic heterocycles. The number of nitrogens with one attached hydrogen (secondary N) is 1. The number of anilines is 1.